The number of benzene rings is 2. The summed E-state index contributed by atoms with van der Waals surface area (Å²) in [7, 11) is 1.43. The van der Waals surface area contributed by atoms with Gasteiger partial charge in [0.1, 0.15) is 11.5 Å². The van der Waals surface area contributed by atoms with Gasteiger partial charge in [-0.1, -0.05) is 12.1 Å². The number of ether oxygens (including phenoxy) is 1. The molecule has 6 heteroatoms. The molecule has 2 aliphatic rings. The van der Waals surface area contributed by atoms with Crippen molar-refractivity contribution in [2.75, 3.05) is 7.11 Å². The lowest BCUT2D eigenvalue weighted by Gasteiger charge is -2.22. The van der Waals surface area contributed by atoms with Crippen LogP contribution >= 0.6 is 0 Å². The second-order valence-electron chi connectivity index (χ2n) is 7.65. The number of rotatable bonds is 2. The summed E-state index contributed by atoms with van der Waals surface area (Å²) < 4.78 is 4.74. The largest absolute Gasteiger partial charge is 0.508 e. The Morgan fingerprint density at radius 1 is 0.828 bits per heavy atom. The van der Waals surface area contributed by atoms with Crippen LogP contribution < -0.4 is 0 Å². The zero-order valence-electron chi connectivity index (χ0n) is 16.4. The number of phenolic OH excluding ortho intramolecular Hbond substituents is 2. The number of methoxy groups -OCH3 is 1. The van der Waals surface area contributed by atoms with Gasteiger partial charge in [0.2, 0.25) is 0 Å². The van der Waals surface area contributed by atoms with E-state index in [4.69, 9.17) is 9.84 Å². The predicted octanol–water partition coefficient (Wildman–Crippen LogP) is 3.25. The highest BCUT2D eigenvalue weighted by atomic mass is 16.5. The minimum Gasteiger partial charge on any atom is -0.508 e. The second kappa shape index (κ2) is 8.99. The van der Waals surface area contributed by atoms with E-state index in [1.807, 2.05) is 12.1 Å². The summed E-state index contributed by atoms with van der Waals surface area (Å²) in [5.41, 5.74) is 4.44. The lowest BCUT2D eigenvalue weighted by Crippen LogP contribution is -2.23. The number of hydrogen-bond donors (Lipinski definition) is 3. The van der Waals surface area contributed by atoms with Crippen LogP contribution in [0.5, 0.6) is 11.5 Å². The summed E-state index contributed by atoms with van der Waals surface area (Å²) in [6, 6.07) is 10.5. The van der Waals surface area contributed by atoms with Crippen LogP contribution in [0.1, 0.15) is 35.1 Å². The van der Waals surface area contributed by atoms with Crippen LogP contribution in [-0.4, -0.2) is 34.4 Å². The Balaban J connectivity index is 0.000000166. The first kappa shape index (κ1) is 20.7. The Labute approximate surface area is 169 Å². The maximum absolute atomic E-state index is 11.4. The zero-order valence-corrected chi connectivity index (χ0v) is 16.4. The summed E-state index contributed by atoms with van der Waals surface area (Å²) in [6.45, 7) is 0. The van der Waals surface area contributed by atoms with Crippen LogP contribution in [0.4, 0.5) is 0 Å². The number of hydrogen-bond acceptors (Lipinski definition) is 5. The predicted molar refractivity (Wildman–Crippen MR) is 107 cm³/mol. The van der Waals surface area contributed by atoms with Crippen LogP contribution in [0.25, 0.3) is 0 Å². The van der Waals surface area contributed by atoms with Crippen molar-refractivity contribution in [1.29, 1.82) is 0 Å². The van der Waals surface area contributed by atoms with Crippen LogP contribution in [0.15, 0.2) is 36.4 Å². The number of carboxylic acid groups (broad SMARTS) is 1. The number of aryl methyl sites for hydroxylation is 2. The molecule has 3 N–H and O–H groups in total. The molecule has 2 aromatic rings. The number of carbonyl (C=O) groups is 2. The molecular weight excluding hydrogens is 372 g/mol. The fourth-order valence-corrected chi connectivity index (χ4v) is 4.06. The Morgan fingerprint density at radius 2 is 1.31 bits per heavy atom. The molecule has 0 saturated heterocycles. The van der Waals surface area contributed by atoms with Crippen molar-refractivity contribution < 1.29 is 29.6 Å². The van der Waals surface area contributed by atoms with Gasteiger partial charge in [-0.3, -0.25) is 9.59 Å². The van der Waals surface area contributed by atoms with E-state index in [1.54, 1.807) is 24.3 Å². The monoisotopic (exact) mass is 398 g/mol. The average Bonchev–Trinajstić information content (AvgIpc) is 2.72. The molecule has 0 bridgehead atoms. The molecule has 0 aliphatic heterocycles. The van der Waals surface area contributed by atoms with E-state index >= 15 is 0 Å². The molecule has 2 unspecified atom stereocenters. The fraction of sp³-hybridized carbons (Fsp3) is 0.391. The summed E-state index contributed by atoms with van der Waals surface area (Å²) in [4.78, 5) is 22.2. The van der Waals surface area contributed by atoms with Crippen molar-refractivity contribution in [3.8, 4) is 11.5 Å². The molecule has 4 rings (SSSR count). The summed E-state index contributed by atoms with van der Waals surface area (Å²) in [5.74, 6) is -0.570. The van der Waals surface area contributed by atoms with Crippen molar-refractivity contribution in [3.63, 3.8) is 0 Å². The molecule has 2 aliphatic carbocycles. The molecule has 0 fully saturated rings. The third-order valence-corrected chi connectivity index (χ3v) is 5.72. The standard InChI is InChI=1S/C12H14O3.C11H12O3/c1-15-12(14)10-3-2-9-7-11(13)5-4-8(9)6-10;12-10-4-3-7-5-9(11(13)14)2-1-8(7)6-10/h4-5,7,10,13H,2-3,6H2,1H3;3-4,6,9,12H,1-2,5H2,(H,13,14). The highest BCUT2D eigenvalue weighted by Crippen LogP contribution is 2.29. The molecule has 0 aromatic heterocycles. The van der Waals surface area contributed by atoms with Crippen molar-refractivity contribution in [2.45, 2.75) is 38.5 Å². The fourth-order valence-electron chi connectivity index (χ4n) is 4.06. The Bertz CT molecular complexity index is 904. The van der Waals surface area contributed by atoms with Gasteiger partial charge in [-0.2, -0.15) is 0 Å². The molecule has 0 radical (unpaired) electrons. The van der Waals surface area contributed by atoms with Crippen molar-refractivity contribution in [2.24, 2.45) is 11.8 Å². The van der Waals surface area contributed by atoms with Gasteiger partial charge in [0.25, 0.3) is 0 Å². The SMILES string of the molecule is COC(=O)C1CCc2cc(O)ccc2C1.O=C(O)C1CCc2cc(O)ccc2C1. The molecule has 2 aromatic carbocycles. The molecule has 154 valence electrons. The van der Waals surface area contributed by atoms with Crippen LogP contribution in [0.3, 0.4) is 0 Å². The third-order valence-electron chi connectivity index (χ3n) is 5.72. The maximum Gasteiger partial charge on any atom is 0.309 e. The lowest BCUT2D eigenvalue weighted by molar-refractivity contribution is -0.146. The minimum atomic E-state index is -0.719. The van der Waals surface area contributed by atoms with Crippen LogP contribution in [0, 0.1) is 11.8 Å². The van der Waals surface area contributed by atoms with Gasteiger partial charge < -0.3 is 20.1 Å². The highest BCUT2D eigenvalue weighted by Gasteiger charge is 2.25. The van der Waals surface area contributed by atoms with Crippen LogP contribution in [-0.2, 0) is 40.0 Å². The molecule has 2 atom stereocenters. The lowest BCUT2D eigenvalue weighted by atomic mass is 9.84. The van der Waals surface area contributed by atoms with Crippen LogP contribution in [0.2, 0.25) is 0 Å². The zero-order chi connectivity index (χ0) is 21.0. The van der Waals surface area contributed by atoms with E-state index in [1.165, 1.54) is 7.11 Å². The molecule has 6 nitrogen and oxygen atoms in total. The summed E-state index contributed by atoms with van der Waals surface area (Å²) >= 11 is 0. The van der Waals surface area contributed by atoms with Gasteiger partial charge in [0, 0.05) is 0 Å². The Morgan fingerprint density at radius 3 is 1.79 bits per heavy atom. The normalized spacial score (nSPS) is 19.8. The molecule has 0 saturated carbocycles. The summed E-state index contributed by atoms with van der Waals surface area (Å²) in [6.07, 6.45) is 4.38. The number of esters is 1. The van der Waals surface area contributed by atoms with Gasteiger partial charge in [0.15, 0.2) is 0 Å². The van der Waals surface area contributed by atoms with Crippen molar-refractivity contribution >= 4 is 11.9 Å². The molecule has 0 heterocycles. The van der Waals surface area contributed by atoms with Gasteiger partial charge in [0.05, 0.1) is 18.9 Å². The third kappa shape index (κ3) is 5.08. The number of carbonyl (C=O) groups excluding carboxylic acids is 1. The molecule has 0 spiro atoms. The summed E-state index contributed by atoms with van der Waals surface area (Å²) in [5, 5.41) is 27.4. The molecule has 29 heavy (non-hydrogen) atoms. The first-order valence-electron chi connectivity index (χ1n) is 9.79. The Hall–Kier alpha value is -3.02. The minimum absolute atomic E-state index is 0.0213. The van der Waals surface area contributed by atoms with E-state index in [0.29, 0.717) is 18.6 Å². The molecular formula is C23H26O6. The quantitative estimate of drug-likeness (QED) is 0.671. The molecule has 0 amide bonds. The number of phenols is 2. The number of aromatic hydroxyl groups is 2. The van der Waals surface area contributed by atoms with Crippen molar-refractivity contribution in [3.05, 3.63) is 58.7 Å². The van der Waals surface area contributed by atoms with E-state index in [2.05, 4.69) is 0 Å². The average molecular weight is 398 g/mol. The topological polar surface area (TPSA) is 104 Å². The van der Waals surface area contributed by atoms with E-state index in [9.17, 15) is 19.8 Å². The highest BCUT2D eigenvalue weighted by molar-refractivity contribution is 5.73. The second-order valence-corrected chi connectivity index (χ2v) is 7.65. The van der Waals surface area contributed by atoms with E-state index < -0.39 is 5.97 Å². The van der Waals surface area contributed by atoms with E-state index in [0.717, 1.165) is 47.9 Å². The smallest absolute Gasteiger partial charge is 0.309 e. The van der Waals surface area contributed by atoms with Gasteiger partial charge in [-0.15, -0.1) is 0 Å². The number of carboxylic acids is 1. The van der Waals surface area contributed by atoms with E-state index in [-0.39, 0.29) is 23.6 Å². The first-order valence-corrected chi connectivity index (χ1v) is 9.79. The number of aliphatic carboxylic acids is 1. The Kier molecular flexibility index (Phi) is 6.42. The van der Waals surface area contributed by atoms with Gasteiger partial charge in [-0.05, 0) is 85.0 Å². The van der Waals surface area contributed by atoms with Gasteiger partial charge >= 0.3 is 11.9 Å². The van der Waals surface area contributed by atoms with Gasteiger partial charge in [-0.25, -0.2) is 0 Å². The van der Waals surface area contributed by atoms with Crippen molar-refractivity contribution in [1.82, 2.24) is 0 Å². The maximum atomic E-state index is 11.4. The number of fused-ring (bicyclic) bond motifs is 2. The first-order chi connectivity index (χ1) is 13.9.